The summed E-state index contributed by atoms with van der Waals surface area (Å²) in [7, 11) is 1.45. The average Bonchev–Trinajstić information content (AvgIpc) is 2.52. The number of hydrogen-bond donors (Lipinski definition) is 2. The number of aromatic carboxylic acids is 1. The largest absolute Gasteiger partial charge is 0.495 e. The number of carboxylic acid groups (broad SMARTS) is 1. The Bertz CT molecular complexity index is 818. The molecule has 1 amide bonds. The van der Waals surface area contributed by atoms with Crippen LogP contribution >= 0.6 is 23.2 Å². The Morgan fingerprint density at radius 1 is 1.21 bits per heavy atom. The van der Waals surface area contributed by atoms with Gasteiger partial charge in [0, 0.05) is 16.7 Å². The van der Waals surface area contributed by atoms with Crippen molar-refractivity contribution in [3.63, 3.8) is 0 Å². The molecule has 0 fully saturated rings. The SMILES string of the molecule is COc1c(Cl)cc(Cl)cc1/C=C/C(=O)Nc1ccccc1C(=O)O. The number of ether oxygens (including phenoxy) is 1. The lowest BCUT2D eigenvalue weighted by Gasteiger charge is -2.08. The Balaban J connectivity index is 2.22. The molecule has 2 aromatic carbocycles. The minimum absolute atomic E-state index is 0.00244. The summed E-state index contributed by atoms with van der Waals surface area (Å²) in [6.07, 6.45) is 2.72. The number of benzene rings is 2. The number of para-hydroxylation sites is 1. The predicted octanol–water partition coefficient (Wildman–Crippen LogP) is 4.35. The van der Waals surface area contributed by atoms with Gasteiger partial charge in [-0.05, 0) is 30.3 Å². The lowest BCUT2D eigenvalue weighted by Crippen LogP contribution is -2.11. The standard InChI is InChI=1S/C17H13Cl2NO4/c1-24-16-10(8-11(18)9-13(16)19)6-7-15(21)20-14-5-3-2-4-12(14)17(22)23/h2-9H,1H3,(H,20,21)(H,22,23)/b7-6+. The van der Waals surface area contributed by atoms with E-state index < -0.39 is 11.9 Å². The number of amides is 1. The van der Waals surface area contributed by atoms with Gasteiger partial charge in [0.1, 0.15) is 5.75 Å². The first-order valence-electron chi connectivity index (χ1n) is 6.76. The highest BCUT2D eigenvalue weighted by Crippen LogP contribution is 2.33. The van der Waals surface area contributed by atoms with E-state index in [4.69, 9.17) is 33.0 Å². The van der Waals surface area contributed by atoms with Gasteiger partial charge in [0.15, 0.2) is 0 Å². The zero-order valence-electron chi connectivity index (χ0n) is 12.5. The minimum atomic E-state index is -1.13. The lowest BCUT2D eigenvalue weighted by atomic mass is 10.1. The second kappa shape index (κ2) is 7.86. The van der Waals surface area contributed by atoms with Crippen molar-refractivity contribution in [2.75, 3.05) is 12.4 Å². The monoisotopic (exact) mass is 365 g/mol. The molecule has 0 saturated carbocycles. The molecule has 0 aromatic heterocycles. The molecule has 7 heteroatoms. The Labute approximate surface area is 148 Å². The maximum atomic E-state index is 12.0. The molecule has 0 aliphatic heterocycles. The molecular formula is C17H13Cl2NO4. The summed E-state index contributed by atoms with van der Waals surface area (Å²) in [6, 6.07) is 9.25. The average molecular weight is 366 g/mol. The van der Waals surface area contributed by atoms with Crippen LogP contribution in [0.3, 0.4) is 0 Å². The Morgan fingerprint density at radius 2 is 1.92 bits per heavy atom. The first-order valence-corrected chi connectivity index (χ1v) is 7.52. The van der Waals surface area contributed by atoms with E-state index in [1.54, 1.807) is 18.2 Å². The number of nitrogens with one attached hydrogen (secondary N) is 1. The molecule has 0 bridgehead atoms. The van der Waals surface area contributed by atoms with Crippen LogP contribution in [0.25, 0.3) is 6.08 Å². The third-order valence-electron chi connectivity index (χ3n) is 3.07. The molecular weight excluding hydrogens is 353 g/mol. The maximum Gasteiger partial charge on any atom is 0.337 e. The van der Waals surface area contributed by atoms with Crippen molar-refractivity contribution in [1.82, 2.24) is 0 Å². The van der Waals surface area contributed by atoms with Gasteiger partial charge in [-0.3, -0.25) is 4.79 Å². The Kier molecular flexibility index (Phi) is 5.84. The molecule has 2 N–H and O–H groups in total. The summed E-state index contributed by atoms with van der Waals surface area (Å²) in [5.41, 5.74) is 0.732. The second-order valence-electron chi connectivity index (χ2n) is 4.68. The molecule has 0 aliphatic carbocycles. The van der Waals surface area contributed by atoms with Gasteiger partial charge < -0.3 is 15.2 Å². The summed E-state index contributed by atoms with van der Waals surface area (Å²) in [5.74, 6) is -1.24. The molecule has 0 atom stereocenters. The normalized spacial score (nSPS) is 10.6. The molecule has 2 aromatic rings. The molecule has 0 spiro atoms. The zero-order chi connectivity index (χ0) is 17.7. The number of anilines is 1. The van der Waals surface area contributed by atoms with Gasteiger partial charge >= 0.3 is 5.97 Å². The van der Waals surface area contributed by atoms with Crippen LogP contribution in [0, 0.1) is 0 Å². The maximum absolute atomic E-state index is 12.0. The molecule has 5 nitrogen and oxygen atoms in total. The van der Waals surface area contributed by atoms with Gasteiger partial charge in [-0.2, -0.15) is 0 Å². The van der Waals surface area contributed by atoms with E-state index in [-0.39, 0.29) is 11.3 Å². The molecule has 0 aliphatic rings. The fraction of sp³-hybridized carbons (Fsp3) is 0.0588. The molecule has 24 heavy (non-hydrogen) atoms. The number of methoxy groups -OCH3 is 1. The third-order valence-corrected chi connectivity index (χ3v) is 3.57. The zero-order valence-corrected chi connectivity index (χ0v) is 14.1. The van der Waals surface area contributed by atoms with Crippen LogP contribution in [0.15, 0.2) is 42.5 Å². The van der Waals surface area contributed by atoms with Gasteiger partial charge in [-0.1, -0.05) is 35.3 Å². The summed E-state index contributed by atoms with van der Waals surface area (Å²) >= 11 is 12.0. The van der Waals surface area contributed by atoms with Gasteiger partial charge in [0.25, 0.3) is 0 Å². The van der Waals surface area contributed by atoms with Crippen LogP contribution < -0.4 is 10.1 Å². The van der Waals surface area contributed by atoms with E-state index in [2.05, 4.69) is 5.32 Å². The third kappa shape index (κ3) is 4.28. The first-order chi connectivity index (χ1) is 11.4. The molecule has 0 heterocycles. The second-order valence-corrected chi connectivity index (χ2v) is 5.53. The van der Waals surface area contributed by atoms with E-state index in [1.807, 2.05) is 0 Å². The van der Waals surface area contributed by atoms with Crippen molar-refractivity contribution in [3.05, 3.63) is 63.6 Å². The summed E-state index contributed by atoms with van der Waals surface area (Å²) in [4.78, 5) is 23.2. The highest BCUT2D eigenvalue weighted by Gasteiger charge is 2.11. The number of carbonyl (C=O) groups is 2. The predicted molar refractivity (Wildman–Crippen MR) is 94.1 cm³/mol. The number of hydrogen-bond acceptors (Lipinski definition) is 3. The topological polar surface area (TPSA) is 75.6 Å². The summed E-state index contributed by atoms with van der Waals surface area (Å²) in [6.45, 7) is 0. The van der Waals surface area contributed by atoms with Crippen LogP contribution in [0.1, 0.15) is 15.9 Å². The van der Waals surface area contributed by atoms with Crippen LogP contribution in [-0.4, -0.2) is 24.1 Å². The molecule has 124 valence electrons. The van der Waals surface area contributed by atoms with Crippen LogP contribution in [0.2, 0.25) is 10.0 Å². The van der Waals surface area contributed by atoms with E-state index >= 15 is 0 Å². The van der Waals surface area contributed by atoms with E-state index in [9.17, 15) is 9.59 Å². The van der Waals surface area contributed by atoms with Crippen molar-refractivity contribution in [1.29, 1.82) is 0 Å². The minimum Gasteiger partial charge on any atom is -0.495 e. The van der Waals surface area contributed by atoms with Gasteiger partial charge in [0.2, 0.25) is 5.91 Å². The van der Waals surface area contributed by atoms with E-state index in [0.29, 0.717) is 21.4 Å². The van der Waals surface area contributed by atoms with Crippen LogP contribution in [0.4, 0.5) is 5.69 Å². The summed E-state index contributed by atoms with van der Waals surface area (Å²) in [5, 5.41) is 12.3. The number of halogens is 2. The highest BCUT2D eigenvalue weighted by molar-refractivity contribution is 6.36. The lowest BCUT2D eigenvalue weighted by molar-refractivity contribution is -0.111. The van der Waals surface area contributed by atoms with Crippen molar-refractivity contribution >= 4 is 46.8 Å². The molecule has 2 rings (SSSR count). The van der Waals surface area contributed by atoms with Crippen molar-refractivity contribution < 1.29 is 19.4 Å². The van der Waals surface area contributed by atoms with Gasteiger partial charge in [0.05, 0.1) is 23.4 Å². The van der Waals surface area contributed by atoms with Gasteiger partial charge in [-0.15, -0.1) is 0 Å². The smallest absolute Gasteiger partial charge is 0.337 e. The highest BCUT2D eigenvalue weighted by atomic mass is 35.5. The van der Waals surface area contributed by atoms with Crippen LogP contribution in [0.5, 0.6) is 5.75 Å². The number of carboxylic acids is 1. The number of rotatable bonds is 5. The molecule has 0 saturated heterocycles. The first kappa shape index (κ1) is 17.8. The Morgan fingerprint density at radius 3 is 2.58 bits per heavy atom. The van der Waals surface area contributed by atoms with Gasteiger partial charge in [-0.25, -0.2) is 4.79 Å². The van der Waals surface area contributed by atoms with E-state index in [1.165, 1.54) is 37.5 Å². The van der Waals surface area contributed by atoms with Crippen molar-refractivity contribution in [2.45, 2.75) is 0 Å². The molecule has 0 unspecified atom stereocenters. The fourth-order valence-electron chi connectivity index (χ4n) is 2.04. The quantitative estimate of drug-likeness (QED) is 0.772. The van der Waals surface area contributed by atoms with Crippen molar-refractivity contribution in [2.24, 2.45) is 0 Å². The number of carbonyl (C=O) groups excluding carboxylic acids is 1. The van der Waals surface area contributed by atoms with Crippen LogP contribution in [-0.2, 0) is 4.79 Å². The Hall–Kier alpha value is -2.50. The molecule has 0 radical (unpaired) electrons. The fourth-order valence-corrected chi connectivity index (χ4v) is 2.62. The van der Waals surface area contributed by atoms with E-state index in [0.717, 1.165) is 0 Å². The van der Waals surface area contributed by atoms with Crippen molar-refractivity contribution in [3.8, 4) is 5.75 Å². The summed E-state index contributed by atoms with van der Waals surface area (Å²) < 4.78 is 5.18.